The van der Waals surface area contributed by atoms with Gasteiger partial charge in [-0.15, -0.1) is 0 Å². The number of carbonyl (C=O) groups excluding carboxylic acids is 1. The number of pyridine rings is 1. The highest BCUT2D eigenvalue weighted by atomic mass is 16.5. The Morgan fingerprint density at radius 1 is 1.05 bits per heavy atom. The van der Waals surface area contributed by atoms with Crippen LogP contribution in [-0.2, 0) is 0 Å². The van der Waals surface area contributed by atoms with Crippen LogP contribution in [0.4, 0.5) is 10.5 Å². The van der Waals surface area contributed by atoms with Crippen molar-refractivity contribution in [1.82, 2.24) is 14.8 Å². The molecule has 0 radical (unpaired) electrons. The maximum absolute atomic E-state index is 13.2. The Kier molecular flexibility index (Phi) is 7.69. The number of carbonyl (C=O) groups is 1. The third-order valence-corrected chi connectivity index (χ3v) is 7.31. The van der Waals surface area contributed by atoms with Gasteiger partial charge < -0.3 is 20.1 Å². The first kappa shape index (κ1) is 24.8. The third-order valence-electron chi connectivity index (χ3n) is 7.31. The highest BCUT2D eigenvalue weighted by Gasteiger charge is 2.49. The van der Waals surface area contributed by atoms with Crippen LogP contribution < -0.4 is 10.1 Å². The SMILES string of the molecule is COc1ccc(NC(=O)N2CCCCN3[C@H](CO)[C@H](c4ccc(C#Cc5cccnc5)cc4)[C@@H]3C2)cc1. The fraction of sp³-hybridized carbons (Fsp3) is 0.333. The Balaban J connectivity index is 1.30. The van der Waals surface area contributed by atoms with E-state index >= 15 is 0 Å². The summed E-state index contributed by atoms with van der Waals surface area (Å²) in [5.41, 5.74) is 3.72. The largest absolute Gasteiger partial charge is 0.497 e. The molecule has 2 amide bonds. The van der Waals surface area contributed by atoms with Crippen molar-refractivity contribution in [2.24, 2.45) is 0 Å². The summed E-state index contributed by atoms with van der Waals surface area (Å²) in [5.74, 6) is 7.24. The summed E-state index contributed by atoms with van der Waals surface area (Å²) in [6, 6.07) is 19.6. The first-order chi connectivity index (χ1) is 18.2. The van der Waals surface area contributed by atoms with Gasteiger partial charge in [0.1, 0.15) is 5.75 Å². The molecule has 2 fully saturated rings. The number of nitrogens with one attached hydrogen (secondary N) is 1. The van der Waals surface area contributed by atoms with Crippen LogP contribution in [0.1, 0.15) is 35.4 Å². The number of nitrogens with zero attached hydrogens (tertiary/aromatic N) is 3. The van der Waals surface area contributed by atoms with Crippen molar-refractivity contribution in [3.63, 3.8) is 0 Å². The first-order valence-corrected chi connectivity index (χ1v) is 12.7. The normalized spacial score (nSPS) is 21.4. The van der Waals surface area contributed by atoms with Crippen LogP contribution in [0.3, 0.4) is 0 Å². The Bertz CT molecular complexity index is 1250. The van der Waals surface area contributed by atoms with E-state index in [1.165, 1.54) is 5.56 Å². The van der Waals surface area contributed by atoms with Gasteiger partial charge in [-0.25, -0.2) is 4.79 Å². The number of aliphatic hydroxyl groups is 1. The second kappa shape index (κ2) is 11.5. The van der Waals surface area contributed by atoms with Gasteiger partial charge in [0.05, 0.1) is 13.7 Å². The van der Waals surface area contributed by atoms with Crippen LogP contribution in [-0.4, -0.2) is 71.4 Å². The molecular formula is C30H32N4O3. The molecule has 0 bridgehead atoms. The number of hydrogen-bond acceptors (Lipinski definition) is 5. The van der Waals surface area contributed by atoms with Crippen LogP contribution in [0.25, 0.3) is 0 Å². The van der Waals surface area contributed by atoms with E-state index in [0.29, 0.717) is 13.1 Å². The number of rotatable bonds is 4. The van der Waals surface area contributed by atoms with Gasteiger partial charge in [-0.3, -0.25) is 9.88 Å². The quantitative estimate of drug-likeness (QED) is 0.535. The zero-order chi connectivity index (χ0) is 25.6. The van der Waals surface area contributed by atoms with Crippen molar-refractivity contribution < 1.29 is 14.6 Å². The predicted molar refractivity (Wildman–Crippen MR) is 144 cm³/mol. The maximum Gasteiger partial charge on any atom is 0.321 e. The molecule has 3 atom stereocenters. The molecule has 0 saturated carbocycles. The number of hydrogen-bond donors (Lipinski definition) is 2. The topological polar surface area (TPSA) is 77.9 Å². The zero-order valence-electron chi connectivity index (χ0n) is 21.0. The third kappa shape index (κ3) is 5.61. The molecule has 0 unspecified atom stereocenters. The highest BCUT2D eigenvalue weighted by Crippen LogP contribution is 2.42. The van der Waals surface area contributed by atoms with Crippen LogP contribution in [0, 0.1) is 11.8 Å². The van der Waals surface area contributed by atoms with Crippen molar-refractivity contribution in [2.45, 2.75) is 30.8 Å². The molecule has 2 aliphatic heterocycles. The Morgan fingerprint density at radius 2 is 1.81 bits per heavy atom. The van der Waals surface area contributed by atoms with Crippen LogP contribution in [0.2, 0.25) is 0 Å². The summed E-state index contributed by atoms with van der Waals surface area (Å²) >= 11 is 0. The fourth-order valence-corrected chi connectivity index (χ4v) is 5.37. The van der Waals surface area contributed by atoms with E-state index in [1.807, 2.05) is 53.4 Å². The second-order valence-electron chi connectivity index (χ2n) is 9.51. The van der Waals surface area contributed by atoms with Gasteiger partial charge in [-0.2, -0.15) is 0 Å². The number of amides is 2. The van der Waals surface area contributed by atoms with Crippen molar-refractivity contribution in [3.8, 4) is 17.6 Å². The average molecular weight is 497 g/mol. The Labute approximate surface area is 218 Å². The zero-order valence-corrected chi connectivity index (χ0v) is 21.0. The van der Waals surface area contributed by atoms with Crippen molar-refractivity contribution in [3.05, 3.63) is 89.7 Å². The smallest absolute Gasteiger partial charge is 0.321 e. The predicted octanol–water partition coefficient (Wildman–Crippen LogP) is 3.95. The average Bonchev–Trinajstić information content (AvgIpc) is 2.92. The van der Waals surface area contributed by atoms with Gasteiger partial charge >= 0.3 is 6.03 Å². The molecule has 2 aliphatic rings. The summed E-state index contributed by atoms with van der Waals surface area (Å²) in [5, 5.41) is 13.3. The van der Waals surface area contributed by atoms with E-state index in [2.05, 4.69) is 39.2 Å². The number of ether oxygens (including phenoxy) is 1. The molecule has 7 heteroatoms. The minimum Gasteiger partial charge on any atom is -0.497 e. The molecular weight excluding hydrogens is 464 g/mol. The van der Waals surface area contributed by atoms with Gasteiger partial charge in [0.15, 0.2) is 0 Å². The minimum atomic E-state index is -0.0979. The van der Waals surface area contributed by atoms with E-state index < -0.39 is 0 Å². The molecule has 7 nitrogen and oxygen atoms in total. The highest BCUT2D eigenvalue weighted by molar-refractivity contribution is 5.89. The summed E-state index contributed by atoms with van der Waals surface area (Å²) in [7, 11) is 1.62. The van der Waals surface area contributed by atoms with Crippen molar-refractivity contribution in [1.29, 1.82) is 0 Å². The molecule has 5 rings (SSSR count). The molecule has 1 aromatic heterocycles. The summed E-state index contributed by atoms with van der Waals surface area (Å²) in [6.07, 6.45) is 5.42. The molecule has 0 spiro atoms. The lowest BCUT2D eigenvalue weighted by Gasteiger charge is -2.57. The number of urea groups is 1. The van der Waals surface area contributed by atoms with Gasteiger partial charge in [-0.1, -0.05) is 24.0 Å². The molecule has 0 aliphatic carbocycles. The summed E-state index contributed by atoms with van der Waals surface area (Å²) in [6.45, 7) is 2.37. The standard InChI is InChI=1S/C30H32N4O3/c1-37-26-14-12-25(13-15-26)32-30(36)33-17-2-3-18-34-27(20-33)29(28(34)21-35)24-10-8-22(9-11-24)6-7-23-5-4-16-31-19-23/h4-5,8-16,19,27-29,35H,2-3,17-18,20-21H2,1H3,(H,32,36)/t27-,28+,29+/m0/s1. The number of fused-ring (bicyclic) bond motifs is 1. The van der Waals surface area contributed by atoms with Crippen LogP contribution in [0.15, 0.2) is 73.1 Å². The van der Waals surface area contributed by atoms with Crippen molar-refractivity contribution in [2.75, 3.05) is 38.7 Å². The van der Waals surface area contributed by atoms with E-state index in [9.17, 15) is 9.90 Å². The molecule has 3 heterocycles. The number of aliphatic hydroxyl groups excluding tert-OH is 1. The molecule has 2 aromatic carbocycles. The van der Waals surface area contributed by atoms with E-state index in [4.69, 9.17) is 4.74 Å². The lowest BCUT2D eigenvalue weighted by atomic mass is 9.74. The molecule has 2 N–H and O–H groups in total. The molecule has 190 valence electrons. The van der Waals surface area contributed by atoms with Gasteiger partial charge in [-0.05, 0) is 73.5 Å². The van der Waals surface area contributed by atoms with E-state index in [1.54, 1.807) is 19.5 Å². The fourth-order valence-electron chi connectivity index (χ4n) is 5.37. The van der Waals surface area contributed by atoms with Gasteiger partial charge in [0, 0.05) is 60.3 Å². The molecule has 37 heavy (non-hydrogen) atoms. The summed E-state index contributed by atoms with van der Waals surface area (Å²) < 4.78 is 5.21. The maximum atomic E-state index is 13.2. The van der Waals surface area contributed by atoms with Gasteiger partial charge in [0.25, 0.3) is 0 Å². The number of aromatic nitrogens is 1. The molecule has 3 aromatic rings. The lowest BCUT2D eigenvalue weighted by molar-refractivity contribution is -0.0585. The monoisotopic (exact) mass is 496 g/mol. The number of benzene rings is 2. The first-order valence-electron chi connectivity index (χ1n) is 12.7. The van der Waals surface area contributed by atoms with Gasteiger partial charge in [0.2, 0.25) is 0 Å². The number of anilines is 1. The van der Waals surface area contributed by atoms with Crippen LogP contribution >= 0.6 is 0 Å². The van der Waals surface area contributed by atoms with E-state index in [-0.39, 0.29) is 30.6 Å². The summed E-state index contributed by atoms with van der Waals surface area (Å²) in [4.78, 5) is 21.6. The van der Waals surface area contributed by atoms with Crippen LogP contribution in [0.5, 0.6) is 5.75 Å². The number of methoxy groups -OCH3 is 1. The second-order valence-corrected chi connectivity index (χ2v) is 9.51. The lowest BCUT2D eigenvalue weighted by Crippen LogP contribution is -2.68. The van der Waals surface area contributed by atoms with E-state index in [0.717, 1.165) is 42.0 Å². The molecule has 2 saturated heterocycles. The van der Waals surface area contributed by atoms with Crippen molar-refractivity contribution >= 4 is 11.7 Å². The Hall–Kier alpha value is -3.86. The minimum absolute atomic E-state index is 0.0573. The Morgan fingerprint density at radius 3 is 2.51 bits per heavy atom.